The second-order valence-electron chi connectivity index (χ2n) is 15.1. The molecule has 0 saturated heterocycles. The van der Waals surface area contributed by atoms with Crippen LogP contribution in [-0.2, 0) is 32.2 Å². The molecule has 10 nitrogen and oxygen atoms in total. The number of methoxy groups -OCH3 is 2. The fourth-order valence-corrected chi connectivity index (χ4v) is 6.42. The molecule has 0 saturated carbocycles. The van der Waals surface area contributed by atoms with Gasteiger partial charge in [-0.25, -0.2) is 19.6 Å². The Morgan fingerprint density at radius 1 is 0.655 bits per heavy atom. The van der Waals surface area contributed by atoms with Crippen molar-refractivity contribution in [2.75, 3.05) is 14.2 Å². The number of halogens is 1. The molecular weight excluding hydrogens is 716 g/mol. The number of pyridine rings is 2. The Morgan fingerprint density at radius 3 is 1.64 bits per heavy atom. The lowest BCUT2D eigenvalue weighted by Crippen LogP contribution is -2.24. The largest absolute Gasteiger partial charge is 0.456 e. The molecule has 7 rings (SSSR count). The number of carbonyl (C=O) groups is 2. The molecule has 0 aliphatic rings. The van der Waals surface area contributed by atoms with E-state index in [1.165, 1.54) is 0 Å². The minimum atomic E-state index is -0.591. The van der Waals surface area contributed by atoms with Crippen molar-refractivity contribution in [3.63, 3.8) is 0 Å². The molecule has 2 N–H and O–H groups in total. The van der Waals surface area contributed by atoms with Crippen LogP contribution in [0.3, 0.4) is 0 Å². The zero-order valence-electron chi connectivity index (χ0n) is 32.3. The Labute approximate surface area is 324 Å². The smallest absolute Gasteiger partial charge is 0.341 e. The third kappa shape index (κ3) is 9.05. The standard InChI is InChI=1S/C26H26N2O3.C18H19ClN2O3/c1-26(2,3)31-25(29)23-20-13-11-18-15-27-19(12-10-17-8-6-5-7-9-17)14-21(18)24(20)28-22(23)16-30-4;1-18(2,3)24-17(22)15-11-6-5-10-8-20-14(19)7-12(10)16(11)21-13(15)9-23-4/h5-15,27H,16H2,1-4H3;5-8,20H,9H2,1-4H3/b12-10+;. The number of esters is 2. The van der Waals surface area contributed by atoms with Crippen molar-refractivity contribution in [2.45, 2.75) is 66.0 Å². The van der Waals surface area contributed by atoms with Gasteiger partial charge in [0, 0.05) is 59.2 Å². The van der Waals surface area contributed by atoms with Gasteiger partial charge in [-0.15, -0.1) is 0 Å². The van der Waals surface area contributed by atoms with E-state index in [-0.39, 0.29) is 19.2 Å². The number of aromatic nitrogens is 4. The molecule has 7 aromatic rings. The van der Waals surface area contributed by atoms with Crippen LogP contribution in [-0.4, -0.2) is 57.3 Å². The highest BCUT2D eigenvalue weighted by Crippen LogP contribution is 2.33. The summed E-state index contributed by atoms with van der Waals surface area (Å²) in [5.74, 6) is -0.780. The first-order chi connectivity index (χ1) is 26.2. The van der Waals surface area contributed by atoms with Crippen molar-refractivity contribution >= 4 is 79.0 Å². The number of hydrogen-bond donors (Lipinski definition) is 2. The van der Waals surface area contributed by atoms with Crippen LogP contribution in [0.15, 0.2) is 79.1 Å². The highest BCUT2D eigenvalue weighted by Gasteiger charge is 2.27. The van der Waals surface area contributed by atoms with Crippen LogP contribution in [0.5, 0.6) is 0 Å². The van der Waals surface area contributed by atoms with Crippen molar-refractivity contribution < 1.29 is 28.5 Å². The Kier molecular flexibility index (Phi) is 11.4. The van der Waals surface area contributed by atoms with Gasteiger partial charge >= 0.3 is 11.9 Å². The van der Waals surface area contributed by atoms with Crippen LogP contribution in [0.2, 0.25) is 5.15 Å². The van der Waals surface area contributed by atoms with E-state index in [2.05, 4.69) is 39.2 Å². The third-order valence-electron chi connectivity index (χ3n) is 8.46. The molecule has 55 heavy (non-hydrogen) atoms. The van der Waals surface area contributed by atoms with Crippen molar-refractivity contribution in [1.29, 1.82) is 0 Å². The normalized spacial score (nSPS) is 12.1. The fourth-order valence-electron chi connectivity index (χ4n) is 6.26. The van der Waals surface area contributed by atoms with Gasteiger partial charge < -0.3 is 28.9 Å². The van der Waals surface area contributed by atoms with E-state index in [4.69, 9.17) is 35.5 Å². The fraction of sp³-hybridized carbons (Fsp3) is 0.273. The Balaban J connectivity index is 0.000000193. The van der Waals surface area contributed by atoms with Gasteiger partial charge in [-0.05, 0) is 70.7 Å². The molecular formula is C44H45ClN4O6. The van der Waals surface area contributed by atoms with Crippen LogP contribution < -0.4 is 0 Å². The van der Waals surface area contributed by atoms with Gasteiger partial charge in [0.1, 0.15) is 16.4 Å². The maximum atomic E-state index is 13.0. The predicted octanol–water partition coefficient (Wildman–Crippen LogP) is 10.5. The van der Waals surface area contributed by atoms with Gasteiger partial charge in [0.05, 0.1) is 46.8 Å². The lowest BCUT2D eigenvalue weighted by atomic mass is 10.0. The van der Waals surface area contributed by atoms with Crippen LogP contribution in [0.25, 0.3) is 55.5 Å². The number of fused-ring (bicyclic) bond motifs is 6. The summed E-state index contributed by atoms with van der Waals surface area (Å²) in [6, 6.07) is 21.7. The van der Waals surface area contributed by atoms with E-state index in [1.807, 2.05) is 109 Å². The van der Waals surface area contributed by atoms with Gasteiger partial charge in [0.15, 0.2) is 0 Å². The second-order valence-corrected chi connectivity index (χ2v) is 15.5. The summed E-state index contributed by atoms with van der Waals surface area (Å²) in [5.41, 5.74) is 4.47. The molecule has 11 heteroatoms. The van der Waals surface area contributed by atoms with E-state index < -0.39 is 17.2 Å². The first-order valence-corrected chi connectivity index (χ1v) is 18.2. The monoisotopic (exact) mass is 760 g/mol. The van der Waals surface area contributed by atoms with Gasteiger partial charge in [0.2, 0.25) is 0 Å². The number of H-pyrrole nitrogens is 2. The van der Waals surface area contributed by atoms with E-state index >= 15 is 0 Å². The summed E-state index contributed by atoms with van der Waals surface area (Å²) in [4.78, 5) is 41.3. The molecule has 284 valence electrons. The average molecular weight is 761 g/mol. The number of nitrogens with one attached hydrogen (secondary N) is 2. The first-order valence-electron chi connectivity index (χ1n) is 17.9. The first kappa shape index (κ1) is 39.2. The maximum absolute atomic E-state index is 13.0. The van der Waals surface area contributed by atoms with Crippen molar-refractivity contribution in [3.05, 3.63) is 118 Å². The number of benzene rings is 3. The molecule has 4 heterocycles. The molecule has 3 aromatic carbocycles. The topological polar surface area (TPSA) is 128 Å². The van der Waals surface area contributed by atoms with E-state index in [0.717, 1.165) is 54.6 Å². The quantitative estimate of drug-likeness (QED) is 0.116. The van der Waals surface area contributed by atoms with E-state index in [9.17, 15) is 9.59 Å². The van der Waals surface area contributed by atoms with Crippen molar-refractivity contribution in [1.82, 2.24) is 19.9 Å². The number of ether oxygens (including phenoxy) is 4. The molecule has 0 unspecified atom stereocenters. The molecule has 0 spiro atoms. The summed E-state index contributed by atoms with van der Waals surface area (Å²) in [7, 11) is 3.17. The lowest BCUT2D eigenvalue weighted by Gasteiger charge is -2.19. The summed E-state index contributed by atoms with van der Waals surface area (Å²) < 4.78 is 21.7. The highest BCUT2D eigenvalue weighted by molar-refractivity contribution is 6.30. The highest BCUT2D eigenvalue weighted by atomic mass is 35.5. The van der Waals surface area contributed by atoms with E-state index in [1.54, 1.807) is 14.2 Å². The van der Waals surface area contributed by atoms with E-state index in [0.29, 0.717) is 27.7 Å². The molecule has 0 atom stereocenters. The van der Waals surface area contributed by atoms with Crippen LogP contribution >= 0.6 is 11.6 Å². The van der Waals surface area contributed by atoms with Crippen LogP contribution in [0.4, 0.5) is 0 Å². The molecule has 0 aliphatic heterocycles. The van der Waals surface area contributed by atoms with Crippen LogP contribution in [0, 0.1) is 0 Å². The Morgan fingerprint density at radius 2 is 1.15 bits per heavy atom. The SMILES string of the molecule is COCc1nc2c(ccc3c[nH]c(/C=C/c4ccccc4)cc32)c1C(=O)OC(C)(C)C.COCc1nc2c(ccc3c[nH]c(Cl)cc32)c1C(=O)OC(C)(C)C. The zero-order chi connectivity index (χ0) is 39.5. The minimum absolute atomic E-state index is 0.234. The van der Waals surface area contributed by atoms with Gasteiger partial charge in [-0.1, -0.05) is 72.3 Å². The third-order valence-corrected chi connectivity index (χ3v) is 8.68. The summed E-state index contributed by atoms with van der Waals surface area (Å²) in [6.45, 7) is 11.6. The molecule has 0 fully saturated rings. The number of rotatable bonds is 8. The molecule has 0 bridgehead atoms. The number of aromatic amines is 2. The second kappa shape index (κ2) is 16.0. The Bertz CT molecular complexity index is 2540. The summed E-state index contributed by atoms with van der Waals surface area (Å²) in [5, 5.41) is 5.85. The Hall–Kier alpha value is -5.55. The maximum Gasteiger partial charge on any atom is 0.341 e. The van der Waals surface area contributed by atoms with Gasteiger partial charge in [0.25, 0.3) is 0 Å². The van der Waals surface area contributed by atoms with Gasteiger partial charge in [-0.2, -0.15) is 0 Å². The predicted molar refractivity (Wildman–Crippen MR) is 219 cm³/mol. The van der Waals surface area contributed by atoms with Crippen molar-refractivity contribution in [2.24, 2.45) is 0 Å². The molecule has 0 radical (unpaired) electrons. The minimum Gasteiger partial charge on any atom is -0.456 e. The molecule has 0 amide bonds. The van der Waals surface area contributed by atoms with Gasteiger partial charge in [-0.3, -0.25) is 0 Å². The van der Waals surface area contributed by atoms with Crippen LogP contribution in [0.1, 0.15) is 84.9 Å². The van der Waals surface area contributed by atoms with Crippen molar-refractivity contribution in [3.8, 4) is 0 Å². The number of hydrogen-bond acceptors (Lipinski definition) is 8. The number of carbonyl (C=O) groups excluding carboxylic acids is 2. The lowest BCUT2D eigenvalue weighted by molar-refractivity contribution is 0.00556. The average Bonchev–Trinajstić information content (AvgIpc) is 3.69. The number of nitrogens with zero attached hydrogens (tertiary/aromatic N) is 2. The summed E-state index contributed by atoms with van der Waals surface area (Å²) in [6.07, 6.45) is 7.85. The molecule has 4 aromatic heterocycles. The zero-order valence-corrected chi connectivity index (χ0v) is 33.1. The summed E-state index contributed by atoms with van der Waals surface area (Å²) >= 11 is 6.08. The molecule has 0 aliphatic carbocycles.